The van der Waals surface area contributed by atoms with Gasteiger partial charge in [0.2, 0.25) is 0 Å². The van der Waals surface area contributed by atoms with Crippen LogP contribution in [-0.2, 0) is 41.5 Å². The number of aryl methyl sites for hydroxylation is 1. The second kappa shape index (κ2) is 26.7. The van der Waals surface area contributed by atoms with Crippen molar-refractivity contribution in [2.24, 2.45) is 0 Å². The first-order valence-electron chi connectivity index (χ1n) is 26.6. The van der Waals surface area contributed by atoms with E-state index in [-0.39, 0.29) is 78.5 Å². The third-order valence-electron chi connectivity index (χ3n) is 11.2. The van der Waals surface area contributed by atoms with Crippen molar-refractivity contribution >= 4 is 36.6 Å². The Morgan fingerprint density at radius 1 is 0.307 bits per heavy atom. The number of benzene rings is 1. The highest BCUT2D eigenvalue weighted by molar-refractivity contribution is 5.72. The molecule has 0 N–H and O–H groups in total. The van der Waals surface area contributed by atoms with Crippen LogP contribution in [0.5, 0.6) is 0 Å². The summed E-state index contributed by atoms with van der Waals surface area (Å²) >= 11 is 0. The Hall–Kier alpha value is -5.24. The van der Waals surface area contributed by atoms with Gasteiger partial charge in [0.05, 0.1) is 0 Å². The van der Waals surface area contributed by atoms with Gasteiger partial charge < -0.3 is 57.8 Å². The van der Waals surface area contributed by atoms with Crippen LogP contribution in [0, 0.1) is 6.92 Å². The molecule has 2 fully saturated rings. The van der Waals surface area contributed by atoms with Crippen molar-refractivity contribution in [3.05, 3.63) is 34.9 Å². The fraction of sp³-hybridized carbons (Fsp3) is 0.782. The van der Waals surface area contributed by atoms with Gasteiger partial charge in [-0.05, 0) is 143 Å². The van der Waals surface area contributed by atoms with E-state index < -0.39 is 70.2 Å². The number of hydrogen-bond donors (Lipinski definition) is 0. The maximum Gasteiger partial charge on any atom is 0.410 e. The average molecular weight is 1060 g/mol. The Bertz CT molecular complexity index is 1830. The van der Waals surface area contributed by atoms with E-state index in [4.69, 9.17) is 28.4 Å². The largest absolute Gasteiger partial charge is 0.444 e. The highest BCUT2D eigenvalue weighted by Gasteiger charge is 2.32. The summed E-state index contributed by atoms with van der Waals surface area (Å²) in [6.45, 7) is 39.5. The lowest BCUT2D eigenvalue weighted by atomic mass is 10.1. The van der Waals surface area contributed by atoms with E-state index in [2.05, 4.69) is 28.0 Å². The van der Waals surface area contributed by atoms with Crippen LogP contribution in [0.2, 0.25) is 0 Å². The van der Waals surface area contributed by atoms with Crippen molar-refractivity contribution in [3.63, 3.8) is 0 Å². The second-order valence-electron chi connectivity index (χ2n) is 25.7. The Morgan fingerprint density at radius 2 is 0.467 bits per heavy atom. The van der Waals surface area contributed by atoms with E-state index in [1.165, 1.54) is 9.80 Å². The van der Waals surface area contributed by atoms with Gasteiger partial charge in [0.1, 0.15) is 33.6 Å². The zero-order valence-corrected chi connectivity index (χ0v) is 49.4. The van der Waals surface area contributed by atoms with Gasteiger partial charge in [-0.15, -0.1) is 0 Å². The first-order valence-corrected chi connectivity index (χ1v) is 26.6. The summed E-state index contributed by atoms with van der Waals surface area (Å²) in [6, 6.07) is 6.39. The molecule has 2 aliphatic rings. The van der Waals surface area contributed by atoms with Gasteiger partial charge in [-0.25, -0.2) is 28.8 Å². The maximum atomic E-state index is 13.8. The van der Waals surface area contributed by atoms with Gasteiger partial charge >= 0.3 is 36.6 Å². The molecule has 6 amide bonds. The summed E-state index contributed by atoms with van der Waals surface area (Å²) in [7, 11) is 0. The molecule has 0 atom stereocenters. The molecule has 0 bridgehead atoms. The molecule has 1 aromatic rings. The van der Waals surface area contributed by atoms with Crippen molar-refractivity contribution in [2.45, 2.75) is 178 Å². The van der Waals surface area contributed by atoms with Gasteiger partial charge in [-0.2, -0.15) is 0 Å². The minimum absolute atomic E-state index is 0.143. The number of carbonyl (C=O) groups is 6. The molecule has 2 aliphatic heterocycles. The van der Waals surface area contributed by atoms with Crippen LogP contribution >= 0.6 is 0 Å². The van der Waals surface area contributed by atoms with E-state index in [1.54, 1.807) is 61.1 Å². The molecular weight excluding hydrogens is 965 g/mol. The number of carbonyl (C=O) groups excluding carboxylic acids is 6. The lowest BCUT2D eigenvalue weighted by molar-refractivity contribution is 0.00436. The number of hydrogen-bond acceptors (Lipinski definition) is 14. The van der Waals surface area contributed by atoms with E-state index in [0.29, 0.717) is 39.3 Å². The summed E-state index contributed by atoms with van der Waals surface area (Å²) in [5.74, 6) is 0. The second-order valence-corrected chi connectivity index (χ2v) is 25.7. The van der Waals surface area contributed by atoms with Crippen LogP contribution in [0.4, 0.5) is 28.8 Å². The van der Waals surface area contributed by atoms with Gasteiger partial charge in [-0.1, -0.05) is 23.8 Å². The molecule has 20 heteroatoms. The quantitative estimate of drug-likeness (QED) is 0.260. The zero-order valence-electron chi connectivity index (χ0n) is 49.4. The van der Waals surface area contributed by atoms with E-state index in [9.17, 15) is 28.8 Å². The molecule has 0 saturated carbocycles. The van der Waals surface area contributed by atoms with Crippen molar-refractivity contribution in [1.29, 1.82) is 0 Å². The van der Waals surface area contributed by atoms with Crippen LogP contribution in [-0.4, -0.2) is 214 Å². The number of rotatable bonds is 4. The maximum absolute atomic E-state index is 13.8. The smallest absolute Gasteiger partial charge is 0.410 e. The van der Waals surface area contributed by atoms with Gasteiger partial charge in [0.25, 0.3) is 0 Å². The topological polar surface area (TPSA) is 184 Å². The van der Waals surface area contributed by atoms with Crippen molar-refractivity contribution in [2.75, 3.05) is 105 Å². The first kappa shape index (κ1) is 64.0. The monoisotopic (exact) mass is 1060 g/mol. The molecule has 2 saturated heterocycles. The van der Waals surface area contributed by atoms with Crippen molar-refractivity contribution in [1.82, 2.24) is 39.2 Å². The molecule has 3 rings (SSSR count). The van der Waals surface area contributed by atoms with Crippen LogP contribution in [0.3, 0.4) is 0 Å². The summed E-state index contributed by atoms with van der Waals surface area (Å²) in [4.78, 5) is 96.3. The lowest BCUT2D eigenvalue weighted by Crippen LogP contribution is -2.51. The van der Waals surface area contributed by atoms with Gasteiger partial charge in [0.15, 0.2) is 0 Å². The molecule has 0 radical (unpaired) electrons. The summed E-state index contributed by atoms with van der Waals surface area (Å²) in [5.41, 5.74) is -1.54. The van der Waals surface area contributed by atoms with Gasteiger partial charge in [0, 0.05) is 118 Å². The fourth-order valence-corrected chi connectivity index (χ4v) is 7.93. The van der Waals surface area contributed by atoms with Crippen LogP contribution in [0.25, 0.3) is 0 Å². The Morgan fingerprint density at radius 3 is 0.627 bits per heavy atom. The van der Waals surface area contributed by atoms with Crippen LogP contribution in [0.15, 0.2) is 18.2 Å². The van der Waals surface area contributed by atoms with E-state index in [1.807, 2.05) is 90.0 Å². The van der Waals surface area contributed by atoms with Crippen molar-refractivity contribution < 1.29 is 57.2 Å². The highest BCUT2D eigenvalue weighted by Crippen LogP contribution is 2.21. The molecule has 0 aromatic heterocycles. The predicted octanol–water partition coefficient (Wildman–Crippen LogP) is 9.05. The van der Waals surface area contributed by atoms with E-state index in [0.717, 1.165) is 16.7 Å². The molecule has 1 aromatic carbocycles. The Balaban J connectivity index is 2.04. The highest BCUT2D eigenvalue weighted by atomic mass is 16.6. The third-order valence-corrected chi connectivity index (χ3v) is 11.2. The third kappa shape index (κ3) is 25.9. The van der Waals surface area contributed by atoms with Gasteiger partial charge in [-0.3, -0.25) is 9.80 Å². The van der Waals surface area contributed by atoms with E-state index >= 15 is 0 Å². The Kier molecular flexibility index (Phi) is 22.8. The normalized spacial score (nSPS) is 17.6. The molecular formula is C55H96N8O12. The molecule has 2 heterocycles. The van der Waals surface area contributed by atoms with Crippen LogP contribution in [0.1, 0.15) is 141 Å². The minimum atomic E-state index is -0.766. The van der Waals surface area contributed by atoms with Crippen molar-refractivity contribution in [3.8, 4) is 0 Å². The molecule has 428 valence electrons. The zero-order chi connectivity index (χ0) is 56.9. The number of nitrogens with zero attached hydrogens (tertiary/aromatic N) is 8. The minimum Gasteiger partial charge on any atom is -0.444 e. The molecule has 20 nitrogen and oxygen atoms in total. The molecule has 75 heavy (non-hydrogen) atoms. The molecule has 0 spiro atoms. The standard InChI is InChI=1S/C55H96N8O12/c1-41-36-42(39-56-20-24-58(44(64)70-50(2,3)4)28-32-62(48(68)74-54(14,15)16)33-29-59(25-21-56)45(65)71-51(5,6)7)38-43(37-41)40-57-22-26-60(46(66)72-52(8,9)10)30-34-63(49(69)75-55(17,18)19)35-31-61(27-23-57)47(67)73-53(11,12)13/h36-38H,20-35,39-40H2,1-19H3. The number of amides is 6. The predicted molar refractivity (Wildman–Crippen MR) is 289 cm³/mol. The first-order chi connectivity index (χ1) is 34.2. The summed E-state index contributed by atoms with van der Waals surface area (Å²) in [5, 5.41) is 0. The molecule has 0 aliphatic carbocycles. The van der Waals surface area contributed by atoms with Crippen LogP contribution < -0.4 is 0 Å². The lowest BCUT2D eigenvalue weighted by Gasteiger charge is -2.36. The Labute approximate surface area is 449 Å². The SMILES string of the molecule is Cc1cc(CN2CCN(C(=O)OC(C)(C)C)CCN(C(=O)OC(C)(C)C)CCN(C(=O)OC(C)(C)C)CC2)cc(CN2CCN(C(=O)OC(C)(C)C)CCN(C(=O)OC(C)(C)C)CCN(C(=O)OC(C)(C)C)CC2)c1. The summed E-state index contributed by atoms with van der Waals surface area (Å²) in [6.07, 6.45) is -3.11. The average Bonchev–Trinajstić information content (AvgIpc) is 3.18. The molecule has 0 unspecified atom stereocenters. The summed E-state index contributed by atoms with van der Waals surface area (Å²) < 4.78 is 35.0. The number of ether oxygens (including phenoxy) is 6. The fourth-order valence-electron chi connectivity index (χ4n) is 7.93.